The number of hydrogen-bond acceptors (Lipinski definition) is 3. The average Bonchev–Trinajstić information content (AvgIpc) is 2.42. The minimum atomic E-state index is -1.02. The molecule has 0 radical (unpaired) electrons. The Hall–Kier alpha value is -1.21. The molecule has 1 atom stereocenters. The van der Waals surface area contributed by atoms with E-state index in [4.69, 9.17) is 5.11 Å². The number of halogens is 1. The first-order chi connectivity index (χ1) is 9.52. The van der Waals surface area contributed by atoms with Crippen LogP contribution in [0.2, 0.25) is 0 Å². The van der Waals surface area contributed by atoms with Crippen LogP contribution in [-0.2, 0) is 11.3 Å². The molecule has 0 heterocycles. The summed E-state index contributed by atoms with van der Waals surface area (Å²) in [7, 11) is 0. The lowest BCUT2D eigenvalue weighted by molar-refractivity contribution is -0.139. The summed E-state index contributed by atoms with van der Waals surface area (Å²) in [5.41, 5.74) is 0.944. The molecule has 3 N–H and O–H groups in total. The topological polar surface area (TPSA) is 78.4 Å². The fraction of sp³-hybridized carbons (Fsp3) is 0.385. The molecule has 0 aliphatic rings. The van der Waals surface area contributed by atoms with Crippen molar-refractivity contribution >= 4 is 39.7 Å². The van der Waals surface area contributed by atoms with Crippen LogP contribution >= 0.6 is 27.7 Å². The Morgan fingerprint density at radius 3 is 2.55 bits per heavy atom. The third-order valence-corrected chi connectivity index (χ3v) is 3.75. The van der Waals surface area contributed by atoms with Gasteiger partial charge in [-0.2, -0.15) is 11.8 Å². The molecule has 5 nitrogen and oxygen atoms in total. The minimum absolute atomic E-state index is 0.355. The standard InChI is InChI=1S/C13H17BrN2O3S/c1-20-7-6-11(12(17)18)16-13(19)15-8-9-2-4-10(14)5-3-9/h2-5,11H,6-8H2,1H3,(H,17,18)(H2,15,16,19). The predicted molar refractivity (Wildman–Crippen MR) is 83.9 cm³/mol. The number of benzene rings is 1. The van der Waals surface area contributed by atoms with Gasteiger partial charge in [0.1, 0.15) is 6.04 Å². The van der Waals surface area contributed by atoms with E-state index in [1.165, 1.54) is 0 Å². The maximum absolute atomic E-state index is 11.7. The monoisotopic (exact) mass is 360 g/mol. The van der Waals surface area contributed by atoms with Gasteiger partial charge < -0.3 is 15.7 Å². The number of thioether (sulfide) groups is 1. The number of carbonyl (C=O) groups is 2. The summed E-state index contributed by atoms with van der Waals surface area (Å²) in [5.74, 6) is -0.331. The molecule has 0 aliphatic heterocycles. The molecule has 0 saturated carbocycles. The van der Waals surface area contributed by atoms with Crippen LogP contribution in [0, 0.1) is 0 Å². The van der Waals surface area contributed by atoms with Gasteiger partial charge in [0, 0.05) is 11.0 Å². The van der Waals surface area contributed by atoms with Crippen molar-refractivity contribution < 1.29 is 14.7 Å². The summed E-state index contributed by atoms with van der Waals surface area (Å²) in [4.78, 5) is 22.7. The number of carboxylic acids is 1. The number of aliphatic carboxylic acids is 1. The van der Waals surface area contributed by atoms with E-state index < -0.39 is 18.0 Å². The lowest BCUT2D eigenvalue weighted by atomic mass is 10.2. The summed E-state index contributed by atoms with van der Waals surface area (Å²) in [6, 6.07) is 6.20. The zero-order valence-corrected chi connectivity index (χ0v) is 13.5. The highest BCUT2D eigenvalue weighted by atomic mass is 79.9. The van der Waals surface area contributed by atoms with Crippen LogP contribution in [0.3, 0.4) is 0 Å². The molecule has 1 aromatic rings. The molecule has 20 heavy (non-hydrogen) atoms. The molecule has 0 aromatic heterocycles. The molecule has 0 aliphatic carbocycles. The van der Waals surface area contributed by atoms with Crippen molar-refractivity contribution in [3.05, 3.63) is 34.3 Å². The summed E-state index contributed by atoms with van der Waals surface area (Å²) < 4.78 is 0.966. The second-order valence-corrected chi connectivity index (χ2v) is 6.03. The minimum Gasteiger partial charge on any atom is -0.480 e. The van der Waals surface area contributed by atoms with Gasteiger partial charge in [-0.25, -0.2) is 9.59 Å². The van der Waals surface area contributed by atoms with Crippen molar-refractivity contribution in [2.24, 2.45) is 0 Å². The number of urea groups is 1. The molecule has 2 amide bonds. The Balaban J connectivity index is 2.41. The molecule has 0 fully saturated rings. The van der Waals surface area contributed by atoms with Gasteiger partial charge >= 0.3 is 12.0 Å². The predicted octanol–water partition coefficient (Wildman–Crippen LogP) is 2.45. The zero-order chi connectivity index (χ0) is 15.0. The summed E-state index contributed by atoms with van der Waals surface area (Å²) in [5, 5.41) is 14.1. The Morgan fingerprint density at radius 2 is 2.00 bits per heavy atom. The van der Waals surface area contributed by atoms with Gasteiger partial charge in [0.15, 0.2) is 0 Å². The van der Waals surface area contributed by atoms with Crippen LogP contribution in [0.5, 0.6) is 0 Å². The number of carboxylic acid groups (broad SMARTS) is 1. The van der Waals surface area contributed by atoms with E-state index in [-0.39, 0.29) is 0 Å². The first kappa shape index (κ1) is 16.8. The van der Waals surface area contributed by atoms with Gasteiger partial charge in [0.2, 0.25) is 0 Å². The van der Waals surface area contributed by atoms with E-state index in [0.29, 0.717) is 18.7 Å². The van der Waals surface area contributed by atoms with Crippen molar-refractivity contribution in [3.63, 3.8) is 0 Å². The van der Waals surface area contributed by atoms with Gasteiger partial charge in [-0.05, 0) is 36.1 Å². The summed E-state index contributed by atoms with van der Waals surface area (Å²) >= 11 is 4.88. The smallest absolute Gasteiger partial charge is 0.326 e. The number of amides is 2. The highest BCUT2D eigenvalue weighted by Gasteiger charge is 2.18. The molecule has 0 bridgehead atoms. The van der Waals surface area contributed by atoms with Crippen LogP contribution in [0.15, 0.2) is 28.7 Å². The van der Waals surface area contributed by atoms with E-state index in [2.05, 4.69) is 26.6 Å². The first-order valence-corrected chi connectivity index (χ1v) is 8.22. The Bertz CT molecular complexity index is 453. The second kappa shape index (κ2) is 8.86. The molecule has 1 unspecified atom stereocenters. The van der Waals surface area contributed by atoms with Crippen LogP contribution < -0.4 is 10.6 Å². The maximum atomic E-state index is 11.7. The lowest BCUT2D eigenvalue weighted by Gasteiger charge is -2.14. The highest BCUT2D eigenvalue weighted by Crippen LogP contribution is 2.10. The van der Waals surface area contributed by atoms with Crippen molar-refractivity contribution in [2.75, 3.05) is 12.0 Å². The molecular weight excluding hydrogens is 344 g/mol. The molecule has 0 saturated heterocycles. The van der Waals surface area contributed by atoms with Gasteiger partial charge in [0.25, 0.3) is 0 Å². The van der Waals surface area contributed by atoms with Crippen LogP contribution in [0.4, 0.5) is 4.79 Å². The van der Waals surface area contributed by atoms with E-state index in [1.54, 1.807) is 11.8 Å². The maximum Gasteiger partial charge on any atom is 0.326 e. The molecule has 7 heteroatoms. The van der Waals surface area contributed by atoms with Crippen molar-refractivity contribution in [2.45, 2.75) is 19.0 Å². The molecule has 110 valence electrons. The van der Waals surface area contributed by atoms with Gasteiger partial charge in [-0.3, -0.25) is 0 Å². The zero-order valence-electron chi connectivity index (χ0n) is 11.1. The first-order valence-electron chi connectivity index (χ1n) is 6.03. The summed E-state index contributed by atoms with van der Waals surface area (Å²) in [6.07, 6.45) is 2.30. The molecule has 1 rings (SSSR count). The fourth-order valence-corrected chi connectivity index (χ4v) is 2.22. The van der Waals surface area contributed by atoms with Crippen LogP contribution in [0.25, 0.3) is 0 Å². The van der Waals surface area contributed by atoms with Gasteiger partial charge in [-0.1, -0.05) is 28.1 Å². The normalized spacial score (nSPS) is 11.7. The van der Waals surface area contributed by atoms with E-state index in [0.717, 1.165) is 10.0 Å². The second-order valence-electron chi connectivity index (χ2n) is 4.13. The quantitative estimate of drug-likeness (QED) is 0.697. The van der Waals surface area contributed by atoms with Crippen molar-refractivity contribution in [3.8, 4) is 0 Å². The molecule has 0 spiro atoms. The van der Waals surface area contributed by atoms with Crippen molar-refractivity contribution in [1.82, 2.24) is 10.6 Å². The third-order valence-electron chi connectivity index (χ3n) is 2.58. The summed E-state index contributed by atoms with van der Waals surface area (Å²) in [6.45, 7) is 0.355. The molecule has 1 aromatic carbocycles. The van der Waals surface area contributed by atoms with Crippen LogP contribution in [0.1, 0.15) is 12.0 Å². The number of nitrogens with one attached hydrogen (secondary N) is 2. The number of carbonyl (C=O) groups excluding carboxylic acids is 1. The largest absolute Gasteiger partial charge is 0.480 e. The number of hydrogen-bond donors (Lipinski definition) is 3. The fourth-order valence-electron chi connectivity index (χ4n) is 1.49. The van der Waals surface area contributed by atoms with E-state index in [9.17, 15) is 9.59 Å². The van der Waals surface area contributed by atoms with Gasteiger partial charge in [0.05, 0.1) is 0 Å². The van der Waals surface area contributed by atoms with Crippen LogP contribution in [-0.4, -0.2) is 35.2 Å². The van der Waals surface area contributed by atoms with Gasteiger partial charge in [-0.15, -0.1) is 0 Å². The number of rotatable bonds is 7. The molecular formula is C13H17BrN2O3S. The SMILES string of the molecule is CSCCC(NC(=O)NCc1ccc(Br)cc1)C(=O)O. The average molecular weight is 361 g/mol. The third kappa shape index (κ3) is 6.29. The highest BCUT2D eigenvalue weighted by molar-refractivity contribution is 9.10. The lowest BCUT2D eigenvalue weighted by Crippen LogP contribution is -2.46. The Kier molecular flexibility index (Phi) is 7.46. The van der Waals surface area contributed by atoms with Crippen molar-refractivity contribution in [1.29, 1.82) is 0 Å². The Labute approximate surface area is 130 Å². The van der Waals surface area contributed by atoms with E-state index >= 15 is 0 Å². The Morgan fingerprint density at radius 1 is 1.35 bits per heavy atom. The van der Waals surface area contributed by atoms with E-state index in [1.807, 2.05) is 30.5 Å².